The quantitative estimate of drug-likeness (QED) is 0.611. The Morgan fingerprint density at radius 1 is 1.00 bits per heavy atom. The van der Waals surface area contributed by atoms with Crippen LogP contribution in [0.15, 0.2) is 0 Å². The van der Waals surface area contributed by atoms with Gasteiger partial charge in [-0.1, -0.05) is 19.8 Å². The second kappa shape index (κ2) is 5.95. The van der Waals surface area contributed by atoms with Gasteiger partial charge in [0, 0.05) is 5.92 Å². The van der Waals surface area contributed by atoms with Crippen LogP contribution in [-0.4, -0.2) is 17.3 Å². The lowest BCUT2D eigenvalue weighted by Gasteiger charge is -2.25. The van der Waals surface area contributed by atoms with Crippen LogP contribution in [0.2, 0.25) is 0 Å². The van der Waals surface area contributed by atoms with Gasteiger partial charge in [-0.2, -0.15) is 0 Å². The van der Waals surface area contributed by atoms with E-state index in [4.69, 9.17) is 0 Å². The monoisotopic (exact) mass is 201 g/mol. The molecule has 1 aliphatic carbocycles. The zero-order chi connectivity index (χ0) is 9.68. The average molecular weight is 201 g/mol. The molecule has 1 rings (SSSR count). The third-order valence-electron chi connectivity index (χ3n) is 3.42. The van der Waals surface area contributed by atoms with Crippen molar-refractivity contribution >= 4 is 10.9 Å². The molecule has 1 fully saturated rings. The third-order valence-corrected chi connectivity index (χ3v) is 6.00. The molecule has 1 saturated carbocycles. The van der Waals surface area contributed by atoms with Crippen LogP contribution < -0.4 is 0 Å². The summed E-state index contributed by atoms with van der Waals surface area (Å²) in [5.74, 6) is 6.48. The number of rotatable bonds is 4. The summed E-state index contributed by atoms with van der Waals surface area (Å²) in [6, 6.07) is 0. The second-order valence-corrected chi connectivity index (χ2v) is 7.20. The molecule has 0 saturated heterocycles. The van der Waals surface area contributed by atoms with E-state index in [0.29, 0.717) is 0 Å². The van der Waals surface area contributed by atoms with Gasteiger partial charge in [0.25, 0.3) is 0 Å². The zero-order valence-corrected chi connectivity index (χ0v) is 10.3. The van der Waals surface area contributed by atoms with Crippen LogP contribution >= 0.6 is 0 Å². The summed E-state index contributed by atoms with van der Waals surface area (Å²) in [7, 11) is 0.753. The number of hydrogen-bond donors (Lipinski definition) is 0. The van der Waals surface area contributed by atoms with Crippen LogP contribution in [0.25, 0.3) is 0 Å². The summed E-state index contributed by atoms with van der Waals surface area (Å²) in [4.78, 5) is 0. The predicted molar refractivity (Wildman–Crippen MR) is 64.4 cm³/mol. The first-order chi connectivity index (χ1) is 6.26. The van der Waals surface area contributed by atoms with Crippen molar-refractivity contribution in [3.8, 4) is 0 Å². The van der Waals surface area contributed by atoms with Gasteiger partial charge in [-0.05, 0) is 43.5 Å². The maximum absolute atomic E-state index is 2.41. The molecule has 13 heavy (non-hydrogen) atoms. The zero-order valence-electron chi connectivity index (χ0n) is 9.51. The summed E-state index contributed by atoms with van der Waals surface area (Å²) in [5, 5.41) is 0. The maximum atomic E-state index is 2.41. The van der Waals surface area contributed by atoms with Crippen LogP contribution in [0.5, 0.6) is 0 Å². The standard InChI is InChI=1S/C12H25S/c1-4-13(5-2)10-12-8-6-11(3)7-9-12/h11-12H,4-10H2,1-3H3/q+1. The fraction of sp³-hybridized carbons (Fsp3) is 1.00. The Labute approximate surface area is 86.8 Å². The highest BCUT2D eigenvalue weighted by atomic mass is 32.2. The summed E-state index contributed by atoms with van der Waals surface area (Å²) in [5.41, 5.74) is 0. The molecule has 0 N–H and O–H groups in total. The van der Waals surface area contributed by atoms with Crippen LogP contribution in [0.3, 0.4) is 0 Å². The van der Waals surface area contributed by atoms with Crippen molar-refractivity contribution in [3.63, 3.8) is 0 Å². The first kappa shape index (κ1) is 11.4. The van der Waals surface area contributed by atoms with Gasteiger partial charge in [0.05, 0.1) is 0 Å². The summed E-state index contributed by atoms with van der Waals surface area (Å²) in [6.07, 6.45) is 6.03. The van der Waals surface area contributed by atoms with Crippen molar-refractivity contribution in [1.29, 1.82) is 0 Å². The van der Waals surface area contributed by atoms with Crippen molar-refractivity contribution in [2.24, 2.45) is 11.8 Å². The SMILES string of the molecule is CC[S+](CC)CC1CCC(C)CC1. The van der Waals surface area contributed by atoms with E-state index >= 15 is 0 Å². The molecule has 0 aromatic heterocycles. The van der Waals surface area contributed by atoms with Gasteiger partial charge >= 0.3 is 0 Å². The Balaban J connectivity index is 2.21. The average Bonchev–Trinajstić information content (AvgIpc) is 2.17. The molecule has 1 heteroatoms. The van der Waals surface area contributed by atoms with E-state index in [1.54, 1.807) is 5.75 Å². The predicted octanol–water partition coefficient (Wildman–Crippen LogP) is 3.47. The molecule has 0 nitrogen and oxygen atoms in total. The Morgan fingerprint density at radius 2 is 1.54 bits per heavy atom. The van der Waals surface area contributed by atoms with Crippen molar-refractivity contribution < 1.29 is 0 Å². The molecular weight excluding hydrogens is 176 g/mol. The first-order valence-electron chi connectivity index (χ1n) is 5.90. The molecule has 1 aliphatic rings. The van der Waals surface area contributed by atoms with Crippen LogP contribution in [0.1, 0.15) is 46.5 Å². The molecule has 0 atom stereocenters. The van der Waals surface area contributed by atoms with Gasteiger partial charge in [-0.25, -0.2) is 0 Å². The molecule has 78 valence electrons. The first-order valence-corrected chi connectivity index (χ1v) is 7.63. The van der Waals surface area contributed by atoms with E-state index in [-0.39, 0.29) is 0 Å². The smallest absolute Gasteiger partial charge is 0.0625 e. The van der Waals surface area contributed by atoms with E-state index < -0.39 is 0 Å². The Morgan fingerprint density at radius 3 is 2.00 bits per heavy atom. The lowest BCUT2D eigenvalue weighted by Crippen LogP contribution is -2.23. The third kappa shape index (κ3) is 3.93. The van der Waals surface area contributed by atoms with E-state index in [9.17, 15) is 0 Å². The second-order valence-electron chi connectivity index (χ2n) is 4.48. The minimum Gasteiger partial charge on any atom is -0.0625 e. The highest BCUT2D eigenvalue weighted by Crippen LogP contribution is 2.29. The summed E-state index contributed by atoms with van der Waals surface area (Å²) in [6.45, 7) is 7.13. The minimum absolute atomic E-state index is 0.753. The molecule has 0 heterocycles. The van der Waals surface area contributed by atoms with Gasteiger partial charge in [0.15, 0.2) is 0 Å². The molecule has 0 bridgehead atoms. The van der Waals surface area contributed by atoms with E-state index in [0.717, 1.165) is 22.7 Å². The van der Waals surface area contributed by atoms with Crippen LogP contribution in [0, 0.1) is 11.8 Å². The molecule has 0 aromatic rings. The van der Waals surface area contributed by atoms with Gasteiger partial charge in [-0.15, -0.1) is 0 Å². The Bertz CT molecular complexity index is 121. The van der Waals surface area contributed by atoms with Gasteiger partial charge in [-0.3, -0.25) is 0 Å². The summed E-state index contributed by atoms with van der Waals surface area (Å²) < 4.78 is 0. The highest BCUT2D eigenvalue weighted by Gasteiger charge is 2.24. The fourth-order valence-corrected chi connectivity index (χ4v) is 4.15. The highest BCUT2D eigenvalue weighted by molar-refractivity contribution is 7.96. The molecular formula is C12H25S+. The largest absolute Gasteiger partial charge is 0.110 e. The molecule has 0 aliphatic heterocycles. The molecule has 0 amide bonds. The van der Waals surface area contributed by atoms with Gasteiger partial charge < -0.3 is 0 Å². The summed E-state index contributed by atoms with van der Waals surface area (Å²) >= 11 is 0. The fourth-order valence-electron chi connectivity index (χ4n) is 2.27. The Hall–Kier alpha value is 0.350. The van der Waals surface area contributed by atoms with Crippen molar-refractivity contribution in [2.75, 3.05) is 17.3 Å². The van der Waals surface area contributed by atoms with Crippen molar-refractivity contribution in [3.05, 3.63) is 0 Å². The van der Waals surface area contributed by atoms with Crippen molar-refractivity contribution in [2.45, 2.75) is 46.5 Å². The van der Waals surface area contributed by atoms with Gasteiger partial charge in [0.2, 0.25) is 0 Å². The van der Waals surface area contributed by atoms with E-state index in [1.165, 1.54) is 37.2 Å². The molecule has 0 radical (unpaired) electrons. The topological polar surface area (TPSA) is 0 Å². The van der Waals surface area contributed by atoms with Crippen LogP contribution in [-0.2, 0) is 10.9 Å². The lowest BCUT2D eigenvalue weighted by molar-refractivity contribution is 0.311. The normalized spacial score (nSPS) is 29.5. The molecule has 0 unspecified atom stereocenters. The molecule has 0 spiro atoms. The van der Waals surface area contributed by atoms with Crippen LogP contribution in [0.4, 0.5) is 0 Å². The lowest BCUT2D eigenvalue weighted by atomic mass is 9.84. The van der Waals surface area contributed by atoms with Crippen molar-refractivity contribution in [1.82, 2.24) is 0 Å². The Kier molecular flexibility index (Phi) is 5.23. The van der Waals surface area contributed by atoms with Gasteiger partial charge in [0.1, 0.15) is 17.3 Å². The number of hydrogen-bond acceptors (Lipinski definition) is 0. The molecule has 0 aromatic carbocycles. The van der Waals surface area contributed by atoms with E-state index in [1.807, 2.05) is 0 Å². The minimum atomic E-state index is 0.753. The van der Waals surface area contributed by atoms with E-state index in [2.05, 4.69) is 20.8 Å². The maximum Gasteiger partial charge on any atom is 0.110 e.